The number of methoxy groups -OCH3 is 1. The van der Waals surface area contributed by atoms with Crippen molar-refractivity contribution in [3.63, 3.8) is 0 Å². The minimum absolute atomic E-state index is 0.349. The number of nitrogens with zero attached hydrogens (tertiary/aromatic N) is 2. The number of fused-ring (bicyclic) bond motifs is 1. The Morgan fingerprint density at radius 1 is 1.25 bits per heavy atom. The summed E-state index contributed by atoms with van der Waals surface area (Å²) in [4.78, 5) is 4.93. The zero-order valence-electron chi connectivity index (χ0n) is 11.9. The quantitative estimate of drug-likeness (QED) is 0.933. The van der Waals surface area contributed by atoms with E-state index in [1.165, 1.54) is 30.6 Å². The Morgan fingerprint density at radius 2 is 2.10 bits per heavy atom. The summed E-state index contributed by atoms with van der Waals surface area (Å²) in [6.07, 6.45) is 5.94. The Hall–Kier alpha value is -1.55. The summed E-state index contributed by atoms with van der Waals surface area (Å²) < 4.78 is 7.79. The van der Waals surface area contributed by atoms with E-state index in [1.807, 2.05) is 12.1 Å². The van der Waals surface area contributed by atoms with Crippen LogP contribution in [-0.4, -0.2) is 22.7 Å². The van der Waals surface area contributed by atoms with Gasteiger partial charge in [-0.05, 0) is 44.2 Å². The van der Waals surface area contributed by atoms with E-state index in [0.717, 1.165) is 24.1 Å². The first-order valence-electron chi connectivity index (χ1n) is 7.57. The summed E-state index contributed by atoms with van der Waals surface area (Å²) in [5.41, 5.74) is 8.40. The van der Waals surface area contributed by atoms with Crippen molar-refractivity contribution in [1.29, 1.82) is 0 Å². The third kappa shape index (κ3) is 1.90. The van der Waals surface area contributed by atoms with Crippen LogP contribution in [-0.2, 0) is 0 Å². The number of imidazole rings is 1. The Kier molecular flexibility index (Phi) is 2.74. The van der Waals surface area contributed by atoms with Crippen molar-refractivity contribution in [1.82, 2.24) is 9.55 Å². The summed E-state index contributed by atoms with van der Waals surface area (Å²) >= 11 is 0. The highest BCUT2D eigenvalue weighted by Crippen LogP contribution is 2.43. The van der Waals surface area contributed by atoms with Crippen molar-refractivity contribution in [2.24, 2.45) is 5.73 Å². The maximum absolute atomic E-state index is 6.09. The molecule has 2 saturated carbocycles. The maximum Gasteiger partial charge on any atom is 0.121 e. The van der Waals surface area contributed by atoms with Crippen LogP contribution in [0.3, 0.4) is 0 Å². The fourth-order valence-electron chi connectivity index (χ4n) is 3.48. The minimum Gasteiger partial charge on any atom is -0.497 e. The second kappa shape index (κ2) is 4.48. The zero-order valence-corrected chi connectivity index (χ0v) is 11.9. The highest BCUT2D eigenvalue weighted by molar-refractivity contribution is 5.78. The van der Waals surface area contributed by atoms with Crippen LogP contribution in [0.2, 0.25) is 0 Å². The first kappa shape index (κ1) is 12.2. The van der Waals surface area contributed by atoms with Crippen LogP contribution in [0.1, 0.15) is 49.9 Å². The summed E-state index contributed by atoms with van der Waals surface area (Å²) in [6, 6.07) is 7.24. The van der Waals surface area contributed by atoms with Crippen LogP contribution < -0.4 is 10.5 Å². The number of aromatic nitrogens is 2. The molecule has 0 aliphatic heterocycles. The molecule has 0 spiro atoms. The van der Waals surface area contributed by atoms with Gasteiger partial charge in [0.25, 0.3) is 0 Å². The Bertz CT molecular complexity index is 644. The van der Waals surface area contributed by atoms with E-state index in [-0.39, 0.29) is 0 Å². The van der Waals surface area contributed by atoms with Crippen molar-refractivity contribution < 1.29 is 4.74 Å². The number of hydrogen-bond donors (Lipinski definition) is 1. The molecule has 1 heterocycles. The predicted octanol–water partition coefficient (Wildman–Crippen LogP) is 2.97. The van der Waals surface area contributed by atoms with Crippen LogP contribution in [0.15, 0.2) is 18.2 Å². The number of rotatable bonds is 3. The third-order valence-electron chi connectivity index (χ3n) is 4.67. The van der Waals surface area contributed by atoms with Gasteiger partial charge in [-0.25, -0.2) is 4.98 Å². The van der Waals surface area contributed by atoms with Crippen LogP contribution in [0.25, 0.3) is 11.0 Å². The van der Waals surface area contributed by atoms with Crippen LogP contribution in [0, 0.1) is 0 Å². The smallest absolute Gasteiger partial charge is 0.121 e. The molecule has 4 heteroatoms. The lowest BCUT2D eigenvalue weighted by Crippen LogP contribution is -2.15. The van der Waals surface area contributed by atoms with E-state index in [4.69, 9.17) is 15.5 Å². The molecule has 2 aromatic rings. The lowest BCUT2D eigenvalue weighted by Gasteiger charge is -2.13. The molecule has 2 atom stereocenters. The first-order valence-corrected chi connectivity index (χ1v) is 7.57. The van der Waals surface area contributed by atoms with Crippen molar-refractivity contribution in [3.05, 3.63) is 24.0 Å². The second-order valence-electron chi connectivity index (χ2n) is 6.20. The Labute approximate surface area is 118 Å². The van der Waals surface area contributed by atoms with Gasteiger partial charge in [0.15, 0.2) is 0 Å². The normalized spacial score (nSPS) is 26.3. The lowest BCUT2D eigenvalue weighted by atomic mass is 10.1. The maximum atomic E-state index is 6.09. The Balaban J connectivity index is 1.84. The second-order valence-corrected chi connectivity index (χ2v) is 6.20. The molecular formula is C16H21N3O. The molecule has 0 unspecified atom stereocenters. The number of nitrogens with two attached hydrogens (primary N) is 1. The molecule has 0 bridgehead atoms. The molecule has 2 aliphatic carbocycles. The van der Waals surface area contributed by atoms with Gasteiger partial charge >= 0.3 is 0 Å². The van der Waals surface area contributed by atoms with Crippen molar-refractivity contribution in [2.75, 3.05) is 7.11 Å². The average Bonchev–Trinajstić information content (AvgIpc) is 3.09. The molecule has 2 aliphatic rings. The molecule has 106 valence electrons. The molecular weight excluding hydrogens is 250 g/mol. The SMILES string of the molecule is COc1ccc2c(c1)nc([C@@H]1CC[C@H](N)C1)n2C1CC1. The number of ether oxygens (including phenoxy) is 1. The largest absolute Gasteiger partial charge is 0.497 e. The molecule has 4 nitrogen and oxygen atoms in total. The average molecular weight is 271 g/mol. The third-order valence-corrected chi connectivity index (χ3v) is 4.67. The minimum atomic E-state index is 0.349. The monoisotopic (exact) mass is 271 g/mol. The van der Waals surface area contributed by atoms with Crippen LogP contribution in [0.4, 0.5) is 0 Å². The van der Waals surface area contributed by atoms with E-state index in [2.05, 4.69) is 10.6 Å². The summed E-state index contributed by atoms with van der Waals surface area (Å²) in [5.74, 6) is 2.67. The van der Waals surface area contributed by atoms with Gasteiger partial charge in [-0.1, -0.05) is 0 Å². The van der Waals surface area contributed by atoms with Crippen LogP contribution in [0.5, 0.6) is 5.75 Å². The summed E-state index contributed by atoms with van der Waals surface area (Å²) in [7, 11) is 1.70. The van der Waals surface area contributed by atoms with Gasteiger partial charge in [-0.2, -0.15) is 0 Å². The van der Waals surface area contributed by atoms with Gasteiger partial charge in [0.05, 0.1) is 18.1 Å². The number of benzene rings is 1. The van der Waals surface area contributed by atoms with Crippen LogP contribution >= 0.6 is 0 Å². The van der Waals surface area contributed by atoms with Gasteiger partial charge in [-0.15, -0.1) is 0 Å². The molecule has 2 fully saturated rings. The molecule has 0 radical (unpaired) electrons. The summed E-state index contributed by atoms with van der Waals surface area (Å²) in [5, 5.41) is 0. The van der Waals surface area contributed by atoms with Gasteiger partial charge in [0.2, 0.25) is 0 Å². The van der Waals surface area contributed by atoms with E-state index in [0.29, 0.717) is 18.0 Å². The van der Waals surface area contributed by atoms with Gasteiger partial charge in [0, 0.05) is 24.1 Å². The zero-order chi connectivity index (χ0) is 13.7. The van der Waals surface area contributed by atoms with Crippen molar-refractivity contribution >= 4 is 11.0 Å². The molecule has 1 aromatic carbocycles. The molecule has 20 heavy (non-hydrogen) atoms. The van der Waals surface area contributed by atoms with E-state index in [1.54, 1.807) is 7.11 Å². The highest BCUT2D eigenvalue weighted by Gasteiger charge is 2.33. The fraction of sp³-hybridized carbons (Fsp3) is 0.562. The van der Waals surface area contributed by atoms with Crippen molar-refractivity contribution in [3.8, 4) is 5.75 Å². The van der Waals surface area contributed by atoms with Gasteiger partial charge in [-0.3, -0.25) is 0 Å². The van der Waals surface area contributed by atoms with E-state index < -0.39 is 0 Å². The van der Waals surface area contributed by atoms with Gasteiger partial charge < -0.3 is 15.0 Å². The molecule has 4 rings (SSSR count). The molecule has 2 N–H and O–H groups in total. The standard InChI is InChI=1S/C16H21N3O/c1-20-13-6-7-15-14(9-13)18-16(19(15)12-4-5-12)10-2-3-11(17)8-10/h6-7,9-12H,2-5,8,17H2,1H3/t10-,11+/m1/s1. The highest BCUT2D eigenvalue weighted by atomic mass is 16.5. The predicted molar refractivity (Wildman–Crippen MR) is 79.1 cm³/mol. The summed E-state index contributed by atoms with van der Waals surface area (Å²) in [6.45, 7) is 0. The molecule has 0 saturated heterocycles. The van der Waals surface area contributed by atoms with Crippen molar-refractivity contribution in [2.45, 2.75) is 50.1 Å². The molecule has 1 aromatic heterocycles. The van der Waals surface area contributed by atoms with E-state index in [9.17, 15) is 0 Å². The first-order chi connectivity index (χ1) is 9.76. The topological polar surface area (TPSA) is 53.1 Å². The number of hydrogen-bond acceptors (Lipinski definition) is 3. The lowest BCUT2D eigenvalue weighted by molar-refractivity contribution is 0.415. The van der Waals surface area contributed by atoms with E-state index >= 15 is 0 Å². The van der Waals surface area contributed by atoms with Gasteiger partial charge in [0.1, 0.15) is 11.6 Å². The fourth-order valence-corrected chi connectivity index (χ4v) is 3.48. The molecule has 0 amide bonds. The Morgan fingerprint density at radius 3 is 2.75 bits per heavy atom.